The Labute approximate surface area is 158 Å². The van der Waals surface area contributed by atoms with Crippen LogP contribution in [-0.2, 0) is 6.54 Å². The Morgan fingerprint density at radius 1 is 1.26 bits per heavy atom. The van der Waals surface area contributed by atoms with Crippen LogP contribution in [0.25, 0.3) is 11.3 Å². The van der Waals surface area contributed by atoms with Crippen LogP contribution in [0.3, 0.4) is 0 Å². The molecule has 0 bridgehead atoms. The third-order valence-electron chi connectivity index (χ3n) is 4.29. The van der Waals surface area contributed by atoms with E-state index in [9.17, 15) is 4.79 Å². The monoisotopic (exact) mass is 364 g/mol. The number of aryl methyl sites for hydroxylation is 3. The number of amides is 1. The van der Waals surface area contributed by atoms with E-state index in [2.05, 4.69) is 32.3 Å². The van der Waals surface area contributed by atoms with E-state index in [-0.39, 0.29) is 11.9 Å². The normalized spacial score (nSPS) is 12.0. The molecule has 1 amide bonds. The fourth-order valence-corrected chi connectivity index (χ4v) is 2.96. The average Bonchev–Trinajstić information content (AvgIpc) is 3.12. The third-order valence-corrected chi connectivity index (χ3v) is 4.29. The number of carbonyl (C=O) groups is 1. The molecule has 0 radical (unpaired) electrons. The highest BCUT2D eigenvalue weighted by molar-refractivity contribution is 5.95. The van der Waals surface area contributed by atoms with Crippen LogP contribution in [0.1, 0.15) is 53.9 Å². The van der Waals surface area contributed by atoms with Crippen molar-refractivity contribution in [1.29, 1.82) is 0 Å². The summed E-state index contributed by atoms with van der Waals surface area (Å²) in [5, 5.41) is 7.22. The van der Waals surface area contributed by atoms with Crippen molar-refractivity contribution >= 4 is 5.91 Å². The zero-order valence-corrected chi connectivity index (χ0v) is 16.1. The SMILES string of the molecule is CCCn1ncnc1[C@H](C)NC(=O)c1cccc(-c2nc(C)cnc2C)c1. The highest BCUT2D eigenvalue weighted by Crippen LogP contribution is 2.21. The van der Waals surface area contributed by atoms with Crippen molar-refractivity contribution < 1.29 is 4.79 Å². The molecule has 0 aliphatic heterocycles. The molecule has 0 spiro atoms. The van der Waals surface area contributed by atoms with Gasteiger partial charge in [0.25, 0.3) is 5.91 Å². The van der Waals surface area contributed by atoms with E-state index in [0.717, 1.165) is 41.4 Å². The van der Waals surface area contributed by atoms with Gasteiger partial charge in [-0.2, -0.15) is 5.10 Å². The third kappa shape index (κ3) is 4.19. The summed E-state index contributed by atoms with van der Waals surface area (Å²) in [6.45, 7) is 8.58. The zero-order valence-electron chi connectivity index (χ0n) is 16.1. The maximum atomic E-state index is 12.8. The summed E-state index contributed by atoms with van der Waals surface area (Å²) in [6.07, 6.45) is 4.22. The van der Waals surface area contributed by atoms with Crippen LogP contribution in [0, 0.1) is 13.8 Å². The van der Waals surface area contributed by atoms with E-state index in [4.69, 9.17) is 0 Å². The lowest BCUT2D eigenvalue weighted by Gasteiger charge is -2.15. The number of hydrogen-bond acceptors (Lipinski definition) is 5. The number of carbonyl (C=O) groups excluding carboxylic acids is 1. The summed E-state index contributed by atoms with van der Waals surface area (Å²) in [7, 11) is 0. The molecule has 0 saturated carbocycles. The number of rotatable bonds is 6. The predicted octanol–water partition coefficient (Wildman–Crippen LogP) is 3.25. The van der Waals surface area contributed by atoms with Gasteiger partial charge in [0.15, 0.2) is 0 Å². The molecular weight excluding hydrogens is 340 g/mol. The van der Waals surface area contributed by atoms with Gasteiger partial charge < -0.3 is 5.32 Å². The van der Waals surface area contributed by atoms with Crippen molar-refractivity contribution in [2.45, 2.75) is 46.7 Å². The largest absolute Gasteiger partial charge is 0.342 e. The van der Waals surface area contributed by atoms with Gasteiger partial charge in [0.1, 0.15) is 12.2 Å². The molecule has 1 N–H and O–H groups in total. The molecule has 0 aliphatic carbocycles. The second-order valence-electron chi connectivity index (χ2n) is 6.56. The molecule has 0 aliphatic rings. The fourth-order valence-electron chi connectivity index (χ4n) is 2.96. The first-order valence-corrected chi connectivity index (χ1v) is 9.08. The Hall–Kier alpha value is -3.09. The summed E-state index contributed by atoms with van der Waals surface area (Å²) in [6, 6.07) is 7.19. The smallest absolute Gasteiger partial charge is 0.251 e. The average molecular weight is 364 g/mol. The standard InChI is InChI=1S/C20H24N6O/c1-5-9-26-19(22-12-23-26)15(4)25-20(27)17-8-6-7-16(10-17)18-14(3)21-11-13(2)24-18/h6-8,10-12,15H,5,9H2,1-4H3,(H,25,27)/t15-/m0/s1. The molecular formula is C20H24N6O. The van der Waals surface area contributed by atoms with Crippen LogP contribution in [0.2, 0.25) is 0 Å². The van der Waals surface area contributed by atoms with Crippen LogP contribution in [0.15, 0.2) is 36.8 Å². The molecule has 140 valence electrons. The predicted molar refractivity (Wildman–Crippen MR) is 103 cm³/mol. The quantitative estimate of drug-likeness (QED) is 0.726. The number of nitrogens with one attached hydrogen (secondary N) is 1. The Morgan fingerprint density at radius 2 is 2.07 bits per heavy atom. The molecule has 3 aromatic rings. The van der Waals surface area contributed by atoms with Gasteiger partial charge in [-0.05, 0) is 39.3 Å². The zero-order chi connectivity index (χ0) is 19.4. The number of nitrogens with zero attached hydrogens (tertiary/aromatic N) is 5. The number of aromatic nitrogens is 5. The summed E-state index contributed by atoms with van der Waals surface area (Å²) in [5.41, 5.74) is 3.91. The van der Waals surface area contributed by atoms with Crippen LogP contribution < -0.4 is 5.32 Å². The summed E-state index contributed by atoms with van der Waals surface area (Å²) >= 11 is 0. The molecule has 0 saturated heterocycles. The van der Waals surface area contributed by atoms with E-state index in [0.29, 0.717) is 5.56 Å². The van der Waals surface area contributed by atoms with Crippen LogP contribution in [-0.4, -0.2) is 30.6 Å². The van der Waals surface area contributed by atoms with Crippen molar-refractivity contribution in [2.24, 2.45) is 0 Å². The highest BCUT2D eigenvalue weighted by atomic mass is 16.1. The fraction of sp³-hybridized carbons (Fsp3) is 0.350. The van der Waals surface area contributed by atoms with Crippen molar-refractivity contribution in [3.05, 3.63) is 59.6 Å². The van der Waals surface area contributed by atoms with E-state index >= 15 is 0 Å². The van der Waals surface area contributed by atoms with Crippen molar-refractivity contribution in [1.82, 2.24) is 30.0 Å². The molecule has 1 aromatic carbocycles. The molecule has 0 unspecified atom stereocenters. The lowest BCUT2D eigenvalue weighted by molar-refractivity contribution is 0.0937. The Morgan fingerprint density at radius 3 is 2.85 bits per heavy atom. The van der Waals surface area contributed by atoms with E-state index in [1.54, 1.807) is 12.3 Å². The lowest BCUT2D eigenvalue weighted by atomic mass is 10.1. The minimum atomic E-state index is -0.240. The van der Waals surface area contributed by atoms with Gasteiger partial charge in [-0.15, -0.1) is 0 Å². The molecule has 2 heterocycles. The van der Waals surface area contributed by atoms with E-state index in [1.165, 1.54) is 6.33 Å². The van der Waals surface area contributed by atoms with Crippen molar-refractivity contribution in [3.63, 3.8) is 0 Å². The van der Waals surface area contributed by atoms with Gasteiger partial charge in [0, 0.05) is 23.9 Å². The number of hydrogen-bond donors (Lipinski definition) is 1. The molecule has 27 heavy (non-hydrogen) atoms. The Kier molecular flexibility index (Phi) is 5.59. The minimum Gasteiger partial charge on any atom is -0.342 e. The van der Waals surface area contributed by atoms with E-state index < -0.39 is 0 Å². The second kappa shape index (κ2) is 8.07. The topological polar surface area (TPSA) is 85.6 Å². The van der Waals surface area contributed by atoms with Gasteiger partial charge in [0.2, 0.25) is 0 Å². The molecule has 7 nitrogen and oxygen atoms in total. The Bertz CT molecular complexity index is 949. The van der Waals surface area contributed by atoms with Crippen molar-refractivity contribution in [3.8, 4) is 11.3 Å². The van der Waals surface area contributed by atoms with Crippen LogP contribution in [0.5, 0.6) is 0 Å². The molecule has 7 heteroatoms. The lowest BCUT2D eigenvalue weighted by Crippen LogP contribution is -2.29. The minimum absolute atomic E-state index is 0.159. The molecule has 2 aromatic heterocycles. The first-order chi connectivity index (χ1) is 13.0. The first kappa shape index (κ1) is 18.7. The molecule has 3 rings (SSSR count). The molecule has 1 atom stereocenters. The van der Waals surface area contributed by atoms with Gasteiger partial charge >= 0.3 is 0 Å². The van der Waals surface area contributed by atoms with Gasteiger partial charge in [-0.3, -0.25) is 9.78 Å². The van der Waals surface area contributed by atoms with Gasteiger partial charge in [-0.1, -0.05) is 19.1 Å². The van der Waals surface area contributed by atoms with Crippen LogP contribution in [0.4, 0.5) is 0 Å². The second-order valence-corrected chi connectivity index (χ2v) is 6.56. The van der Waals surface area contributed by atoms with Crippen molar-refractivity contribution in [2.75, 3.05) is 0 Å². The first-order valence-electron chi connectivity index (χ1n) is 9.08. The summed E-state index contributed by atoms with van der Waals surface area (Å²) in [4.78, 5) is 26.0. The maximum Gasteiger partial charge on any atom is 0.251 e. The Balaban J connectivity index is 1.81. The highest BCUT2D eigenvalue weighted by Gasteiger charge is 2.17. The van der Waals surface area contributed by atoms with Gasteiger partial charge in [-0.25, -0.2) is 14.6 Å². The summed E-state index contributed by atoms with van der Waals surface area (Å²) < 4.78 is 1.83. The van der Waals surface area contributed by atoms with E-state index in [1.807, 2.05) is 43.7 Å². The maximum absolute atomic E-state index is 12.8. The van der Waals surface area contributed by atoms with Gasteiger partial charge in [0.05, 0.1) is 23.1 Å². The summed E-state index contributed by atoms with van der Waals surface area (Å²) in [5.74, 6) is 0.593. The van der Waals surface area contributed by atoms with Crippen LogP contribution >= 0.6 is 0 Å². The number of benzene rings is 1. The molecule has 0 fully saturated rings.